The first-order valence-electron chi connectivity index (χ1n) is 10.3. The van der Waals surface area contributed by atoms with Crippen molar-refractivity contribution >= 4 is 39.2 Å². The van der Waals surface area contributed by atoms with Crippen molar-refractivity contribution in [2.24, 2.45) is 0 Å². The van der Waals surface area contributed by atoms with E-state index in [1.54, 1.807) is 15.9 Å². The van der Waals surface area contributed by atoms with Crippen LogP contribution in [0.15, 0.2) is 40.3 Å². The van der Waals surface area contributed by atoms with E-state index in [0.29, 0.717) is 11.7 Å². The van der Waals surface area contributed by atoms with Crippen molar-refractivity contribution in [1.29, 1.82) is 0 Å². The van der Waals surface area contributed by atoms with Crippen molar-refractivity contribution in [2.45, 2.75) is 43.4 Å². The van der Waals surface area contributed by atoms with Gasteiger partial charge in [-0.2, -0.15) is 0 Å². The number of rotatable bonds is 6. The quantitative estimate of drug-likeness (QED) is 0.469. The summed E-state index contributed by atoms with van der Waals surface area (Å²) in [5, 5.41) is 4.25. The molecule has 0 bridgehead atoms. The number of fused-ring (bicyclic) bond motifs is 3. The van der Waals surface area contributed by atoms with Crippen LogP contribution in [-0.4, -0.2) is 40.5 Å². The van der Waals surface area contributed by atoms with E-state index in [1.807, 2.05) is 30.3 Å². The van der Waals surface area contributed by atoms with Gasteiger partial charge in [-0.15, -0.1) is 11.3 Å². The Labute approximate surface area is 182 Å². The maximum absolute atomic E-state index is 13.5. The van der Waals surface area contributed by atoms with E-state index < -0.39 is 0 Å². The number of para-hydroxylation sites is 1. The second-order valence-corrected chi connectivity index (χ2v) is 9.66. The molecule has 0 radical (unpaired) electrons. The van der Waals surface area contributed by atoms with E-state index in [9.17, 15) is 9.59 Å². The van der Waals surface area contributed by atoms with Crippen LogP contribution >= 0.6 is 23.1 Å². The van der Waals surface area contributed by atoms with Gasteiger partial charge >= 0.3 is 0 Å². The molecule has 2 aliphatic rings. The third kappa shape index (κ3) is 3.79. The van der Waals surface area contributed by atoms with Crippen LogP contribution in [0.2, 0.25) is 0 Å². The highest BCUT2D eigenvalue weighted by molar-refractivity contribution is 7.99. The number of nitrogens with zero attached hydrogens (tertiary/aromatic N) is 2. The fourth-order valence-electron chi connectivity index (χ4n) is 4.14. The molecule has 0 spiro atoms. The van der Waals surface area contributed by atoms with Gasteiger partial charge < -0.3 is 10.1 Å². The Kier molecular flexibility index (Phi) is 5.62. The molecular weight excluding hydrogens is 418 g/mol. The number of amides is 1. The maximum atomic E-state index is 13.5. The molecular formula is C22H23N3O3S2. The molecule has 1 atom stereocenters. The van der Waals surface area contributed by atoms with Crippen LogP contribution in [0.5, 0.6) is 0 Å². The summed E-state index contributed by atoms with van der Waals surface area (Å²) in [5.74, 6) is 0.140. The van der Waals surface area contributed by atoms with E-state index in [-0.39, 0.29) is 23.3 Å². The Hall–Kier alpha value is -2.16. The molecule has 6 nitrogen and oxygen atoms in total. The average Bonchev–Trinajstić information content (AvgIpc) is 3.48. The van der Waals surface area contributed by atoms with Crippen molar-refractivity contribution in [3.63, 3.8) is 0 Å². The lowest BCUT2D eigenvalue weighted by Gasteiger charge is -2.13. The van der Waals surface area contributed by atoms with Gasteiger partial charge in [-0.25, -0.2) is 4.98 Å². The molecule has 2 aromatic heterocycles. The number of nitrogens with one attached hydrogen (secondary N) is 1. The summed E-state index contributed by atoms with van der Waals surface area (Å²) in [5.41, 5.74) is 1.91. The van der Waals surface area contributed by atoms with Crippen molar-refractivity contribution in [3.8, 4) is 5.69 Å². The Bertz CT molecular complexity index is 1130. The largest absolute Gasteiger partial charge is 0.376 e. The van der Waals surface area contributed by atoms with Gasteiger partial charge in [0.1, 0.15) is 4.83 Å². The van der Waals surface area contributed by atoms with Crippen molar-refractivity contribution in [3.05, 3.63) is 51.1 Å². The number of carbonyl (C=O) groups is 1. The third-order valence-corrected chi connectivity index (χ3v) is 7.73. The minimum Gasteiger partial charge on any atom is -0.376 e. The Balaban J connectivity index is 1.44. The highest BCUT2D eigenvalue weighted by atomic mass is 32.2. The second kappa shape index (κ2) is 8.53. The molecule has 1 aromatic carbocycles. The van der Waals surface area contributed by atoms with E-state index in [1.165, 1.54) is 22.2 Å². The summed E-state index contributed by atoms with van der Waals surface area (Å²) in [6.45, 7) is 1.31. The lowest BCUT2D eigenvalue weighted by Crippen LogP contribution is -2.33. The van der Waals surface area contributed by atoms with Gasteiger partial charge in [0.2, 0.25) is 5.91 Å². The number of hydrogen-bond donors (Lipinski definition) is 1. The minimum atomic E-state index is -0.0712. The molecule has 1 saturated heterocycles. The van der Waals surface area contributed by atoms with Crippen molar-refractivity contribution in [1.82, 2.24) is 14.9 Å². The highest BCUT2D eigenvalue weighted by Crippen LogP contribution is 2.36. The van der Waals surface area contributed by atoms with E-state index in [4.69, 9.17) is 9.72 Å². The van der Waals surface area contributed by atoms with Crippen molar-refractivity contribution < 1.29 is 9.53 Å². The van der Waals surface area contributed by atoms with Crippen molar-refractivity contribution in [2.75, 3.05) is 18.9 Å². The first-order chi connectivity index (χ1) is 14.7. The zero-order valence-corrected chi connectivity index (χ0v) is 18.2. The van der Waals surface area contributed by atoms with Gasteiger partial charge in [-0.1, -0.05) is 30.0 Å². The first kappa shape index (κ1) is 19.8. The standard InChI is InChI=1S/C22H23N3O3S2/c26-18(23-12-15-8-5-11-28-15)13-29-22-24-20-19(16-9-4-10-17(16)30-20)21(27)25(22)14-6-2-1-3-7-14/h1-3,6-7,15H,4-5,8-13H2,(H,23,26). The van der Waals surface area contributed by atoms with E-state index in [0.717, 1.165) is 54.6 Å². The molecule has 0 saturated carbocycles. The number of thiophene rings is 1. The lowest BCUT2D eigenvalue weighted by atomic mass is 10.2. The summed E-state index contributed by atoms with van der Waals surface area (Å²) in [6, 6.07) is 9.56. The molecule has 3 aromatic rings. The summed E-state index contributed by atoms with van der Waals surface area (Å²) >= 11 is 2.93. The van der Waals surface area contributed by atoms with Gasteiger partial charge in [0.15, 0.2) is 5.16 Å². The van der Waals surface area contributed by atoms with Gasteiger partial charge in [0, 0.05) is 18.0 Å². The Morgan fingerprint density at radius 2 is 2.13 bits per heavy atom. The number of carbonyl (C=O) groups excluding carboxylic acids is 1. The molecule has 1 unspecified atom stereocenters. The van der Waals surface area contributed by atoms with Crippen LogP contribution in [0.4, 0.5) is 0 Å². The zero-order valence-electron chi connectivity index (χ0n) is 16.6. The van der Waals surface area contributed by atoms with Crippen LogP contribution in [-0.2, 0) is 22.4 Å². The Morgan fingerprint density at radius 3 is 2.93 bits per heavy atom. The van der Waals surface area contributed by atoms with Gasteiger partial charge in [-0.3, -0.25) is 14.2 Å². The van der Waals surface area contributed by atoms with E-state index >= 15 is 0 Å². The zero-order chi connectivity index (χ0) is 20.5. The molecule has 5 rings (SSSR count). The Morgan fingerprint density at radius 1 is 1.27 bits per heavy atom. The third-order valence-electron chi connectivity index (χ3n) is 5.61. The van der Waals surface area contributed by atoms with Crippen LogP contribution in [0.3, 0.4) is 0 Å². The number of ether oxygens (including phenoxy) is 1. The molecule has 156 valence electrons. The topological polar surface area (TPSA) is 73.2 Å². The normalized spacial score (nSPS) is 18.1. The molecule has 1 N–H and O–H groups in total. The maximum Gasteiger partial charge on any atom is 0.267 e. The SMILES string of the molecule is O=C(CSc1nc2sc3c(c2c(=O)n1-c1ccccc1)CCC3)NCC1CCCO1. The van der Waals surface area contributed by atoms with Crippen LogP contribution in [0.1, 0.15) is 29.7 Å². The predicted molar refractivity (Wildman–Crippen MR) is 120 cm³/mol. The molecule has 3 heterocycles. The van der Waals surface area contributed by atoms with E-state index in [2.05, 4.69) is 5.32 Å². The summed E-state index contributed by atoms with van der Waals surface area (Å²) < 4.78 is 7.22. The molecule has 1 fully saturated rings. The number of benzene rings is 1. The minimum absolute atomic E-state index is 0.0344. The van der Waals surface area contributed by atoms with Crippen LogP contribution in [0.25, 0.3) is 15.9 Å². The highest BCUT2D eigenvalue weighted by Gasteiger charge is 2.24. The number of hydrogen-bond acceptors (Lipinski definition) is 6. The molecule has 30 heavy (non-hydrogen) atoms. The average molecular weight is 442 g/mol. The fraction of sp³-hybridized carbons (Fsp3) is 0.409. The van der Waals surface area contributed by atoms with Gasteiger partial charge in [-0.05, 0) is 49.8 Å². The van der Waals surface area contributed by atoms with Crippen LogP contribution < -0.4 is 10.9 Å². The molecule has 1 aliphatic heterocycles. The van der Waals surface area contributed by atoms with Gasteiger partial charge in [0.05, 0.1) is 22.9 Å². The molecule has 1 amide bonds. The summed E-state index contributed by atoms with van der Waals surface area (Å²) in [6.07, 6.45) is 5.22. The smallest absolute Gasteiger partial charge is 0.267 e. The summed E-state index contributed by atoms with van der Waals surface area (Å²) in [4.78, 5) is 32.8. The lowest BCUT2D eigenvalue weighted by molar-refractivity contribution is -0.119. The summed E-state index contributed by atoms with van der Waals surface area (Å²) in [7, 11) is 0. The molecule has 1 aliphatic carbocycles. The predicted octanol–water partition coefficient (Wildman–Crippen LogP) is 3.32. The second-order valence-electron chi connectivity index (χ2n) is 7.64. The van der Waals surface area contributed by atoms with Crippen LogP contribution in [0, 0.1) is 0 Å². The number of aromatic nitrogens is 2. The van der Waals surface area contributed by atoms with Gasteiger partial charge in [0.25, 0.3) is 5.56 Å². The monoisotopic (exact) mass is 441 g/mol. The number of thioether (sulfide) groups is 1. The number of aryl methyl sites for hydroxylation is 2. The molecule has 8 heteroatoms. The first-order valence-corrected chi connectivity index (χ1v) is 12.1. The fourth-order valence-corrected chi connectivity index (χ4v) is 6.29.